The minimum Gasteiger partial charge on any atom is -0.115 e. The summed E-state index contributed by atoms with van der Waals surface area (Å²) in [4.78, 5) is 0. The summed E-state index contributed by atoms with van der Waals surface area (Å²) in [5.74, 6) is 2.63. The molecule has 94 valence electrons. The van der Waals surface area contributed by atoms with Crippen molar-refractivity contribution in [2.45, 2.75) is 20.8 Å². The highest BCUT2D eigenvalue weighted by Crippen LogP contribution is 2.19. The van der Waals surface area contributed by atoms with Crippen LogP contribution in [0.4, 0.5) is 0 Å². The van der Waals surface area contributed by atoms with Crippen LogP contribution in [0.5, 0.6) is 0 Å². The Morgan fingerprint density at radius 2 is 1.89 bits per heavy atom. The third-order valence-electron chi connectivity index (χ3n) is 2.36. The van der Waals surface area contributed by atoms with E-state index in [0.717, 1.165) is 11.1 Å². The fraction of sp³-hybridized carbons (Fsp3) is 0.176. The average Bonchev–Trinajstić information content (AvgIpc) is 2.36. The maximum absolute atomic E-state index is 5.34. The van der Waals surface area contributed by atoms with Gasteiger partial charge in [0.25, 0.3) is 0 Å². The molecule has 0 heterocycles. The largest absolute Gasteiger partial charge is 0.115 e. The molecule has 0 N–H and O–H groups in total. The molecule has 0 spiro atoms. The molecule has 0 bridgehead atoms. The van der Waals surface area contributed by atoms with Crippen LogP contribution in [0, 0.1) is 12.3 Å². The van der Waals surface area contributed by atoms with Gasteiger partial charge < -0.3 is 0 Å². The molecule has 0 aliphatic carbocycles. The van der Waals surface area contributed by atoms with Crippen LogP contribution in [0.25, 0.3) is 5.57 Å². The zero-order chi connectivity index (χ0) is 14.1. The van der Waals surface area contributed by atoms with Crippen molar-refractivity contribution in [1.82, 2.24) is 0 Å². The molecule has 0 aliphatic rings. The quantitative estimate of drug-likeness (QED) is 0.492. The van der Waals surface area contributed by atoms with E-state index in [9.17, 15) is 0 Å². The van der Waals surface area contributed by atoms with Gasteiger partial charge in [-0.1, -0.05) is 48.9 Å². The third-order valence-corrected chi connectivity index (χ3v) is 2.36. The lowest BCUT2D eigenvalue weighted by atomic mass is 10.0. The van der Waals surface area contributed by atoms with E-state index in [1.165, 1.54) is 11.1 Å². The predicted molar refractivity (Wildman–Crippen MR) is 83.5 cm³/mol. The van der Waals surface area contributed by atoms with E-state index < -0.39 is 0 Å². The monoisotopic (exact) mass is 258 g/mol. The normalized spacial score (nSPS) is 10.4. The fourth-order valence-corrected chi connectivity index (χ4v) is 1.22. The van der Waals surface area contributed by atoms with Gasteiger partial charge >= 0.3 is 0 Å². The van der Waals surface area contributed by atoms with Crippen molar-refractivity contribution in [2.24, 2.45) is 0 Å². The second kappa shape index (κ2) is 8.39. The Morgan fingerprint density at radius 3 is 2.33 bits per heavy atom. The number of hydrogen-bond donors (Lipinski definition) is 0. The number of rotatable bonds is 2. The zero-order valence-electron chi connectivity index (χ0n) is 11.3. The standard InChI is InChI=1S/C14H14.C3H5Cl/c1-5-11(3)12(4)14-9-7-8-13(6-2)10-14;1-3(2)4/h2,5,7-10H,1H2,3-4H3;1H2,2H3/b12-11+;. The Balaban J connectivity index is 0.000000631. The van der Waals surface area contributed by atoms with Crippen molar-refractivity contribution in [1.29, 1.82) is 0 Å². The second-order valence-corrected chi connectivity index (χ2v) is 4.56. The summed E-state index contributed by atoms with van der Waals surface area (Å²) < 4.78 is 0. The van der Waals surface area contributed by atoms with Gasteiger partial charge in [0.1, 0.15) is 0 Å². The summed E-state index contributed by atoms with van der Waals surface area (Å²) in [5, 5.41) is 0.639. The van der Waals surface area contributed by atoms with Gasteiger partial charge in [-0.2, -0.15) is 0 Å². The number of terminal acetylenes is 1. The summed E-state index contributed by atoms with van der Waals surface area (Å²) in [6.45, 7) is 12.9. The Bertz CT molecular complexity index is 495. The van der Waals surface area contributed by atoms with E-state index >= 15 is 0 Å². The van der Waals surface area contributed by atoms with Crippen LogP contribution in [-0.2, 0) is 0 Å². The predicted octanol–water partition coefficient (Wildman–Crippen LogP) is 5.41. The number of halogens is 1. The van der Waals surface area contributed by atoms with Crippen molar-refractivity contribution in [2.75, 3.05) is 0 Å². The van der Waals surface area contributed by atoms with Crippen LogP contribution >= 0.6 is 11.6 Å². The van der Waals surface area contributed by atoms with Crippen molar-refractivity contribution in [3.8, 4) is 12.3 Å². The second-order valence-electron chi connectivity index (χ2n) is 3.91. The van der Waals surface area contributed by atoms with Gasteiger partial charge in [-0.05, 0) is 49.6 Å². The minimum atomic E-state index is 0.639. The summed E-state index contributed by atoms with van der Waals surface area (Å²) in [6, 6.07) is 7.98. The molecule has 18 heavy (non-hydrogen) atoms. The highest BCUT2D eigenvalue weighted by Gasteiger charge is 1.98. The highest BCUT2D eigenvalue weighted by molar-refractivity contribution is 6.28. The maximum atomic E-state index is 5.34. The van der Waals surface area contributed by atoms with Crippen molar-refractivity contribution in [3.63, 3.8) is 0 Å². The molecule has 1 aromatic carbocycles. The summed E-state index contributed by atoms with van der Waals surface area (Å²) in [7, 11) is 0. The summed E-state index contributed by atoms with van der Waals surface area (Å²) in [6.07, 6.45) is 7.20. The molecule has 0 aromatic heterocycles. The summed E-state index contributed by atoms with van der Waals surface area (Å²) >= 11 is 5.08. The molecule has 0 radical (unpaired) electrons. The van der Waals surface area contributed by atoms with E-state index in [1.807, 2.05) is 31.2 Å². The van der Waals surface area contributed by atoms with Crippen LogP contribution in [0.15, 0.2) is 54.1 Å². The summed E-state index contributed by atoms with van der Waals surface area (Å²) in [5.41, 5.74) is 4.48. The molecule has 1 rings (SSSR count). The number of hydrogen-bond acceptors (Lipinski definition) is 0. The molecule has 0 unspecified atom stereocenters. The Hall–Kier alpha value is -1.71. The molecule has 0 saturated carbocycles. The zero-order valence-corrected chi connectivity index (χ0v) is 12.0. The van der Waals surface area contributed by atoms with Crippen LogP contribution in [0.2, 0.25) is 0 Å². The fourth-order valence-electron chi connectivity index (χ4n) is 1.22. The van der Waals surface area contributed by atoms with Gasteiger partial charge in [-0.3, -0.25) is 0 Å². The van der Waals surface area contributed by atoms with E-state index in [0.29, 0.717) is 5.03 Å². The van der Waals surface area contributed by atoms with E-state index in [-0.39, 0.29) is 0 Å². The maximum Gasteiger partial charge on any atom is 0.0248 e. The van der Waals surface area contributed by atoms with Crippen LogP contribution in [-0.4, -0.2) is 0 Å². The van der Waals surface area contributed by atoms with Crippen molar-refractivity contribution in [3.05, 3.63) is 65.2 Å². The smallest absolute Gasteiger partial charge is 0.0248 e. The first-order valence-corrected chi connectivity index (χ1v) is 5.98. The van der Waals surface area contributed by atoms with Gasteiger partial charge in [0, 0.05) is 10.6 Å². The molecular formula is C17H19Cl. The molecule has 1 heteroatoms. The molecule has 0 amide bonds. The molecular weight excluding hydrogens is 240 g/mol. The van der Waals surface area contributed by atoms with Gasteiger partial charge in [-0.25, -0.2) is 0 Å². The third kappa shape index (κ3) is 6.13. The number of benzene rings is 1. The molecule has 1 aromatic rings. The van der Waals surface area contributed by atoms with Gasteiger partial charge in [0.15, 0.2) is 0 Å². The van der Waals surface area contributed by atoms with Crippen molar-refractivity contribution >= 4 is 17.2 Å². The first kappa shape index (κ1) is 16.3. The van der Waals surface area contributed by atoms with Crippen molar-refractivity contribution < 1.29 is 0 Å². The Kier molecular flexibility index (Phi) is 7.59. The lowest BCUT2D eigenvalue weighted by Crippen LogP contribution is -1.84. The average molecular weight is 259 g/mol. The molecule has 0 nitrogen and oxygen atoms in total. The highest BCUT2D eigenvalue weighted by atomic mass is 35.5. The Morgan fingerprint density at radius 1 is 1.33 bits per heavy atom. The van der Waals surface area contributed by atoms with E-state index in [1.54, 1.807) is 6.92 Å². The van der Waals surface area contributed by atoms with Gasteiger partial charge in [-0.15, -0.1) is 6.42 Å². The lowest BCUT2D eigenvalue weighted by molar-refractivity contribution is 1.45. The van der Waals surface area contributed by atoms with E-state index in [2.05, 4.69) is 32.1 Å². The van der Waals surface area contributed by atoms with Crippen LogP contribution in [0.1, 0.15) is 31.9 Å². The molecule has 0 saturated heterocycles. The first-order valence-electron chi connectivity index (χ1n) is 5.60. The molecule has 0 aliphatic heterocycles. The minimum absolute atomic E-state index is 0.639. The van der Waals surface area contributed by atoms with Gasteiger partial charge in [0.2, 0.25) is 0 Å². The topological polar surface area (TPSA) is 0 Å². The number of allylic oxidation sites excluding steroid dienone is 4. The van der Waals surface area contributed by atoms with Crippen LogP contribution < -0.4 is 0 Å². The van der Waals surface area contributed by atoms with Crippen LogP contribution in [0.3, 0.4) is 0 Å². The first-order chi connectivity index (χ1) is 8.42. The van der Waals surface area contributed by atoms with Gasteiger partial charge in [0.05, 0.1) is 0 Å². The van der Waals surface area contributed by atoms with E-state index in [4.69, 9.17) is 18.0 Å². The molecule has 0 atom stereocenters. The molecule has 0 fully saturated rings. The SMILES string of the molecule is C#Cc1cccc(/C(C)=C(\C)C=C)c1.C=C(C)Cl. The Labute approximate surface area is 116 Å². The lowest BCUT2D eigenvalue weighted by Gasteiger charge is -2.04.